The van der Waals surface area contributed by atoms with Gasteiger partial charge in [0.2, 0.25) is 0 Å². The molecule has 0 spiro atoms. The van der Waals surface area contributed by atoms with Crippen LogP contribution in [-0.4, -0.2) is 31.1 Å². The van der Waals surface area contributed by atoms with Crippen molar-refractivity contribution in [3.63, 3.8) is 0 Å². The first kappa shape index (κ1) is 19.5. The molecule has 2 nitrogen and oxygen atoms in total. The molecule has 1 N–H and O–H groups in total. The molecule has 0 radical (unpaired) electrons. The monoisotopic (exact) mass is 330 g/mol. The summed E-state index contributed by atoms with van der Waals surface area (Å²) in [5.74, 6) is -2.71. The fraction of sp³-hybridized carbons (Fsp3) is 0.538. The summed E-state index contributed by atoms with van der Waals surface area (Å²) in [6.07, 6.45) is 0.553. The average Bonchev–Trinajstić information content (AvgIpc) is 2.40. The third-order valence-electron chi connectivity index (χ3n) is 3.39. The van der Waals surface area contributed by atoms with Crippen molar-refractivity contribution in [3.05, 3.63) is 35.1 Å². The smallest absolute Gasteiger partial charge is 0.166 e. The molecule has 1 aromatic carbocycles. The number of hydrogen-bond donors (Lipinski definition) is 1. The van der Waals surface area contributed by atoms with Gasteiger partial charge in [0.15, 0.2) is 11.6 Å². The number of benzene rings is 1. The summed E-state index contributed by atoms with van der Waals surface area (Å²) in [6.45, 7) is 4.86. The van der Waals surface area contributed by atoms with Crippen molar-refractivity contribution in [2.24, 2.45) is 0 Å². The van der Waals surface area contributed by atoms with Crippen molar-refractivity contribution in [2.45, 2.75) is 19.4 Å². The van der Waals surface area contributed by atoms with Gasteiger partial charge in [-0.3, -0.25) is 4.90 Å². The van der Waals surface area contributed by atoms with E-state index in [1.807, 2.05) is 11.8 Å². The van der Waals surface area contributed by atoms with Crippen LogP contribution in [0, 0.1) is 17.5 Å². The number of hydrogen-bond acceptors (Lipinski definition) is 2. The van der Waals surface area contributed by atoms with E-state index in [1.165, 1.54) is 0 Å². The molecule has 1 saturated heterocycles. The Morgan fingerprint density at radius 1 is 1.10 bits per heavy atom. The SMILES string of the molecule is CC[C@@H](c1c(F)ccc(F)c1F)N1CCNCC1.Cl.Cl. The van der Waals surface area contributed by atoms with E-state index in [1.54, 1.807) is 0 Å². The number of rotatable bonds is 3. The number of nitrogens with zero attached hydrogens (tertiary/aromatic N) is 1. The lowest BCUT2D eigenvalue weighted by atomic mass is 10.0. The van der Waals surface area contributed by atoms with E-state index in [4.69, 9.17) is 0 Å². The molecule has 0 unspecified atom stereocenters. The highest BCUT2D eigenvalue weighted by Crippen LogP contribution is 2.30. The molecule has 116 valence electrons. The highest BCUT2D eigenvalue weighted by atomic mass is 35.5. The van der Waals surface area contributed by atoms with Crippen molar-refractivity contribution in [1.29, 1.82) is 0 Å². The van der Waals surface area contributed by atoms with Gasteiger partial charge in [-0.1, -0.05) is 6.92 Å². The molecule has 7 heteroatoms. The summed E-state index contributed by atoms with van der Waals surface area (Å²) in [5.41, 5.74) is -0.139. The predicted molar refractivity (Wildman–Crippen MR) is 78.3 cm³/mol. The Bertz CT molecular complexity index is 426. The third-order valence-corrected chi connectivity index (χ3v) is 3.39. The Kier molecular flexibility index (Phi) is 8.51. The summed E-state index contributed by atoms with van der Waals surface area (Å²) < 4.78 is 40.8. The Morgan fingerprint density at radius 3 is 2.20 bits per heavy atom. The standard InChI is InChI=1S/C13H17F3N2.2ClH/c1-2-11(18-7-5-17-6-8-18)12-9(14)3-4-10(15)13(12)16;;/h3-4,11,17H,2,5-8H2,1H3;2*1H/t11-;;/m0../s1. The van der Waals surface area contributed by atoms with Crippen LogP contribution in [0.5, 0.6) is 0 Å². The van der Waals surface area contributed by atoms with E-state index in [9.17, 15) is 13.2 Å². The normalized spacial score (nSPS) is 17.0. The van der Waals surface area contributed by atoms with Gasteiger partial charge in [-0.15, -0.1) is 24.8 Å². The molecule has 0 bridgehead atoms. The van der Waals surface area contributed by atoms with Gasteiger partial charge in [-0.25, -0.2) is 13.2 Å². The highest BCUT2D eigenvalue weighted by molar-refractivity contribution is 5.85. The number of nitrogens with one attached hydrogen (secondary N) is 1. The second kappa shape index (κ2) is 8.72. The van der Waals surface area contributed by atoms with Gasteiger partial charge >= 0.3 is 0 Å². The van der Waals surface area contributed by atoms with Crippen molar-refractivity contribution < 1.29 is 13.2 Å². The fourth-order valence-corrected chi connectivity index (χ4v) is 2.49. The number of halogens is 5. The molecule has 1 aliphatic heterocycles. The van der Waals surface area contributed by atoms with E-state index in [0.29, 0.717) is 19.5 Å². The fourth-order valence-electron chi connectivity index (χ4n) is 2.49. The molecule has 1 aromatic rings. The lowest BCUT2D eigenvalue weighted by Gasteiger charge is -2.35. The van der Waals surface area contributed by atoms with Gasteiger partial charge in [-0.2, -0.15) is 0 Å². The van der Waals surface area contributed by atoms with Crippen LogP contribution in [-0.2, 0) is 0 Å². The van der Waals surface area contributed by atoms with Crippen LogP contribution in [0.3, 0.4) is 0 Å². The van der Waals surface area contributed by atoms with Crippen LogP contribution in [0.2, 0.25) is 0 Å². The molecule has 0 aromatic heterocycles. The maximum atomic E-state index is 13.8. The Hall–Kier alpha value is -0.490. The molecule has 1 aliphatic rings. The summed E-state index contributed by atoms with van der Waals surface area (Å²) in [6, 6.07) is 1.43. The van der Waals surface area contributed by atoms with Crippen LogP contribution < -0.4 is 5.32 Å². The van der Waals surface area contributed by atoms with E-state index < -0.39 is 23.5 Å². The summed E-state index contributed by atoms with van der Waals surface area (Å²) in [5, 5.41) is 3.18. The maximum Gasteiger partial charge on any atom is 0.166 e. The first-order chi connectivity index (χ1) is 8.65. The van der Waals surface area contributed by atoms with Crippen LogP contribution in [0.25, 0.3) is 0 Å². The molecule has 0 aliphatic carbocycles. The van der Waals surface area contributed by atoms with E-state index >= 15 is 0 Å². The average molecular weight is 331 g/mol. The number of piperazine rings is 1. The topological polar surface area (TPSA) is 15.3 Å². The van der Waals surface area contributed by atoms with Crippen molar-refractivity contribution in [2.75, 3.05) is 26.2 Å². The van der Waals surface area contributed by atoms with Crippen molar-refractivity contribution in [3.8, 4) is 0 Å². The molecule has 20 heavy (non-hydrogen) atoms. The van der Waals surface area contributed by atoms with Crippen LogP contribution in [0.1, 0.15) is 24.9 Å². The van der Waals surface area contributed by atoms with Gasteiger partial charge in [0.25, 0.3) is 0 Å². The van der Waals surface area contributed by atoms with E-state index in [0.717, 1.165) is 25.2 Å². The van der Waals surface area contributed by atoms with Gasteiger partial charge < -0.3 is 5.32 Å². The van der Waals surface area contributed by atoms with E-state index in [-0.39, 0.29) is 30.4 Å². The molecular weight excluding hydrogens is 312 g/mol. The van der Waals surface area contributed by atoms with Gasteiger partial charge in [0.1, 0.15) is 5.82 Å². The largest absolute Gasteiger partial charge is 0.314 e. The van der Waals surface area contributed by atoms with Crippen molar-refractivity contribution >= 4 is 24.8 Å². The Morgan fingerprint density at radius 2 is 1.65 bits per heavy atom. The molecule has 2 rings (SSSR count). The molecule has 0 saturated carbocycles. The second-order valence-electron chi connectivity index (χ2n) is 4.47. The quantitative estimate of drug-likeness (QED) is 0.855. The highest BCUT2D eigenvalue weighted by Gasteiger charge is 2.27. The second-order valence-corrected chi connectivity index (χ2v) is 4.47. The lowest BCUT2D eigenvalue weighted by Crippen LogP contribution is -2.45. The zero-order valence-corrected chi connectivity index (χ0v) is 12.8. The zero-order valence-electron chi connectivity index (χ0n) is 11.2. The van der Waals surface area contributed by atoms with Crippen LogP contribution in [0.15, 0.2) is 12.1 Å². The first-order valence-corrected chi connectivity index (χ1v) is 6.23. The van der Waals surface area contributed by atoms with Gasteiger partial charge in [0, 0.05) is 37.8 Å². The third kappa shape index (κ3) is 4.01. The summed E-state index contributed by atoms with van der Waals surface area (Å²) in [4.78, 5) is 2.00. The first-order valence-electron chi connectivity index (χ1n) is 6.23. The summed E-state index contributed by atoms with van der Waals surface area (Å²) in [7, 11) is 0. The minimum atomic E-state index is -1.06. The minimum absolute atomic E-state index is 0. The van der Waals surface area contributed by atoms with Crippen molar-refractivity contribution in [1.82, 2.24) is 10.2 Å². The molecule has 1 fully saturated rings. The minimum Gasteiger partial charge on any atom is -0.314 e. The zero-order chi connectivity index (χ0) is 13.1. The lowest BCUT2D eigenvalue weighted by molar-refractivity contribution is 0.162. The molecule has 0 amide bonds. The van der Waals surface area contributed by atoms with E-state index in [2.05, 4.69) is 5.32 Å². The Labute approximate surface area is 129 Å². The van der Waals surface area contributed by atoms with Gasteiger partial charge in [0.05, 0.1) is 0 Å². The Balaban J connectivity index is 0.00000180. The molecule has 1 heterocycles. The van der Waals surface area contributed by atoms with Gasteiger partial charge in [-0.05, 0) is 18.6 Å². The van der Waals surface area contributed by atoms with Crippen LogP contribution >= 0.6 is 24.8 Å². The predicted octanol–water partition coefficient (Wildman–Crippen LogP) is 3.30. The molecule has 1 atom stereocenters. The maximum absolute atomic E-state index is 13.8. The van der Waals surface area contributed by atoms with Crippen LogP contribution in [0.4, 0.5) is 13.2 Å². The summed E-state index contributed by atoms with van der Waals surface area (Å²) >= 11 is 0. The molecular formula is C13H19Cl2F3N2.